The molecule has 5 nitrogen and oxygen atoms in total. The number of amides is 1. The van der Waals surface area contributed by atoms with Gasteiger partial charge in [0.15, 0.2) is 5.82 Å². The molecular formula is C18H22N4O. The summed E-state index contributed by atoms with van der Waals surface area (Å²) in [5.74, 6) is 2.17. The first-order valence-electron chi connectivity index (χ1n) is 8.62. The largest absolute Gasteiger partial charge is 0.349 e. The third-order valence-corrected chi connectivity index (χ3v) is 5.04. The smallest absolute Gasteiger partial charge is 0.223 e. The minimum absolute atomic E-state index is 0.172. The normalized spacial score (nSPS) is 17.4. The highest BCUT2D eigenvalue weighted by atomic mass is 16.1. The van der Waals surface area contributed by atoms with Crippen LogP contribution < -0.4 is 5.32 Å². The molecule has 2 aromatic rings. The van der Waals surface area contributed by atoms with E-state index < -0.39 is 0 Å². The number of benzene rings is 1. The highest BCUT2D eigenvalue weighted by Crippen LogP contribution is 2.26. The monoisotopic (exact) mass is 310 g/mol. The average molecular weight is 310 g/mol. The lowest BCUT2D eigenvalue weighted by atomic mass is 9.89. The topological polar surface area (TPSA) is 59.8 Å². The first kappa shape index (κ1) is 14.4. The number of aryl methyl sites for hydroxylation is 2. The molecule has 23 heavy (non-hydrogen) atoms. The molecule has 1 aliphatic heterocycles. The van der Waals surface area contributed by atoms with Crippen LogP contribution in [-0.4, -0.2) is 20.7 Å². The van der Waals surface area contributed by atoms with E-state index in [2.05, 4.69) is 38.3 Å². The number of para-hydroxylation sites is 1. The molecule has 1 aromatic heterocycles. The summed E-state index contributed by atoms with van der Waals surface area (Å²) in [6.07, 6.45) is 7.55. The van der Waals surface area contributed by atoms with E-state index in [-0.39, 0.29) is 11.8 Å². The van der Waals surface area contributed by atoms with Crippen LogP contribution in [0.4, 0.5) is 0 Å². The molecule has 1 aliphatic carbocycles. The van der Waals surface area contributed by atoms with Crippen molar-refractivity contribution in [1.29, 1.82) is 0 Å². The van der Waals surface area contributed by atoms with Gasteiger partial charge in [0.05, 0.1) is 12.2 Å². The summed E-state index contributed by atoms with van der Waals surface area (Å²) in [6.45, 7) is 0.455. The second-order valence-electron chi connectivity index (χ2n) is 6.55. The summed E-state index contributed by atoms with van der Waals surface area (Å²) in [5.41, 5.74) is 2.47. The fourth-order valence-electron chi connectivity index (χ4n) is 3.77. The van der Waals surface area contributed by atoms with Gasteiger partial charge in [-0.25, -0.2) is 0 Å². The van der Waals surface area contributed by atoms with Gasteiger partial charge >= 0.3 is 0 Å². The van der Waals surface area contributed by atoms with Crippen LogP contribution in [0.3, 0.4) is 0 Å². The van der Waals surface area contributed by atoms with E-state index in [1.165, 1.54) is 24.8 Å². The van der Waals surface area contributed by atoms with Gasteiger partial charge in [-0.3, -0.25) is 9.36 Å². The molecule has 1 fully saturated rings. The van der Waals surface area contributed by atoms with Gasteiger partial charge in [0.25, 0.3) is 0 Å². The highest BCUT2D eigenvalue weighted by Gasteiger charge is 2.23. The molecule has 0 spiro atoms. The Bertz CT molecular complexity index is 716. The van der Waals surface area contributed by atoms with Crippen molar-refractivity contribution in [3.63, 3.8) is 0 Å². The minimum Gasteiger partial charge on any atom is -0.349 e. The van der Waals surface area contributed by atoms with Crippen LogP contribution in [0.5, 0.6) is 0 Å². The number of carbonyl (C=O) groups is 1. The molecule has 4 rings (SSSR count). The van der Waals surface area contributed by atoms with Crippen LogP contribution in [0.2, 0.25) is 0 Å². The molecule has 0 radical (unpaired) electrons. The van der Waals surface area contributed by atoms with Gasteiger partial charge in [0, 0.05) is 12.3 Å². The summed E-state index contributed by atoms with van der Waals surface area (Å²) in [5, 5.41) is 11.7. The molecule has 120 valence electrons. The van der Waals surface area contributed by atoms with Crippen LogP contribution in [-0.2, 0) is 24.2 Å². The second-order valence-corrected chi connectivity index (χ2v) is 6.55. The predicted octanol–water partition coefficient (Wildman–Crippen LogP) is 2.56. The summed E-state index contributed by atoms with van der Waals surface area (Å²) in [6, 6.07) is 8.37. The number of hydrogen-bond acceptors (Lipinski definition) is 3. The molecule has 0 unspecified atom stereocenters. The van der Waals surface area contributed by atoms with E-state index in [1.807, 2.05) is 6.07 Å². The Hall–Kier alpha value is -2.17. The van der Waals surface area contributed by atoms with Crippen molar-refractivity contribution in [2.45, 2.75) is 51.5 Å². The maximum atomic E-state index is 12.3. The first-order chi connectivity index (χ1) is 11.3. The lowest BCUT2D eigenvalue weighted by Gasteiger charge is -2.22. The van der Waals surface area contributed by atoms with E-state index in [0.29, 0.717) is 6.54 Å². The Morgan fingerprint density at radius 2 is 1.96 bits per heavy atom. The van der Waals surface area contributed by atoms with Gasteiger partial charge in [0.1, 0.15) is 5.82 Å². The van der Waals surface area contributed by atoms with Crippen LogP contribution >= 0.6 is 0 Å². The lowest BCUT2D eigenvalue weighted by Crippen LogP contribution is -2.32. The first-order valence-corrected chi connectivity index (χ1v) is 8.62. The molecule has 1 N–H and O–H groups in total. The Kier molecular flexibility index (Phi) is 3.85. The number of nitrogens with zero attached hydrogens (tertiary/aromatic N) is 3. The highest BCUT2D eigenvalue weighted by molar-refractivity contribution is 5.78. The van der Waals surface area contributed by atoms with Crippen molar-refractivity contribution >= 4 is 5.91 Å². The van der Waals surface area contributed by atoms with E-state index in [4.69, 9.17) is 0 Å². The van der Waals surface area contributed by atoms with Crippen molar-refractivity contribution in [3.8, 4) is 5.69 Å². The molecular weight excluding hydrogens is 288 g/mol. The van der Waals surface area contributed by atoms with Gasteiger partial charge in [-0.05, 0) is 30.9 Å². The Labute approximate surface area is 136 Å². The summed E-state index contributed by atoms with van der Waals surface area (Å²) < 4.78 is 2.11. The Balaban J connectivity index is 1.51. The van der Waals surface area contributed by atoms with E-state index in [9.17, 15) is 4.79 Å². The number of aromatic nitrogens is 3. The summed E-state index contributed by atoms with van der Waals surface area (Å²) in [7, 11) is 0. The van der Waals surface area contributed by atoms with Gasteiger partial charge in [-0.15, -0.1) is 10.2 Å². The Morgan fingerprint density at radius 1 is 1.13 bits per heavy atom. The standard InChI is InChI=1S/C18H22N4O/c23-18(14-7-2-1-3-8-14)19-12-17-21-20-16-11-10-13-6-4-5-9-15(13)22(16)17/h4-6,9,14H,1-3,7-8,10-12H2,(H,19,23). The SMILES string of the molecule is O=C(NCc1nnc2n1-c1ccccc1CC2)C1CCCCC1. The van der Waals surface area contributed by atoms with E-state index in [0.717, 1.165) is 43.0 Å². The number of fused-ring (bicyclic) bond motifs is 3. The molecule has 1 amide bonds. The number of rotatable bonds is 3. The van der Waals surface area contributed by atoms with E-state index >= 15 is 0 Å². The molecule has 0 atom stereocenters. The maximum Gasteiger partial charge on any atom is 0.223 e. The number of hydrogen-bond donors (Lipinski definition) is 1. The maximum absolute atomic E-state index is 12.3. The zero-order valence-corrected chi connectivity index (χ0v) is 13.3. The third-order valence-electron chi connectivity index (χ3n) is 5.04. The zero-order valence-electron chi connectivity index (χ0n) is 13.3. The fraction of sp³-hybridized carbons (Fsp3) is 0.500. The number of nitrogens with one attached hydrogen (secondary N) is 1. The van der Waals surface area contributed by atoms with Crippen molar-refractivity contribution in [1.82, 2.24) is 20.1 Å². The van der Waals surface area contributed by atoms with Gasteiger partial charge in [-0.2, -0.15) is 0 Å². The predicted molar refractivity (Wildman–Crippen MR) is 87.2 cm³/mol. The third kappa shape index (κ3) is 2.76. The summed E-state index contributed by atoms with van der Waals surface area (Å²) >= 11 is 0. The van der Waals surface area contributed by atoms with Crippen molar-refractivity contribution in [3.05, 3.63) is 41.5 Å². The van der Waals surface area contributed by atoms with Gasteiger partial charge in [-0.1, -0.05) is 37.5 Å². The zero-order chi connectivity index (χ0) is 15.6. The fourth-order valence-corrected chi connectivity index (χ4v) is 3.77. The summed E-state index contributed by atoms with van der Waals surface area (Å²) in [4.78, 5) is 12.3. The molecule has 5 heteroatoms. The lowest BCUT2D eigenvalue weighted by molar-refractivity contribution is -0.126. The molecule has 0 saturated heterocycles. The Morgan fingerprint density at radius 3 is 2.83 bits per heavy atom. The number of carbonyl (C=O) groups excluding carboxylic acids is 1. The van der Waals surface area contributed by atoms with Crippen LogP contribution in [0, 0.1) is 5.92 Å². The van der Waals surface area contributed by atoms with Crippen molar-refractivity contribution < 1.29 is 4.79 Å². The van der Waals surface area contributed by atoms with Crippen molar-refractivity contribution in [2.24, 2.45) is 5.92 Å². The van der Waals surface area contributed by atoms with E-state index in [1.54, 1.807) is 0 Å². The van der Waals surface area contributed by atoms with Gasteiger partial charge in [0.2, 0.25) is 5.91 Å². The molecule has 2 heterocycles. The quantitative estimate of drug-likeness (QED) is 0.948. The van der Waals surface area contributed by atoms with Crippen LogP contribution in [0.1, 0.15) is 49.3 Å². The van der Waals surface area contributed by atoms with Crippen molar-refractivity contribution in [2.75, 3.05) is 0 Å². The second kappa shape index (κ2) is 6.14. The molecule has 1 saturated carbocycles. The minimum atomic E-state index is 0.172. The van der Waals surface area contributed by atoms with Gasteiger partial charge < -0.3 is 5.32 Å². The average Bonchev–Trinajstić information content (AvgIpc) is 3.04. The molecule has 1 aromatic carbocycles. The van der Waals surface area contributed by atoms with Crippen LogP contribution in [0.15, 0.2) is 24.3 Å². The molecule has 2 aliphatic rings. The van der Waals surface area contributed by atoms with Crippen LogP contribution in [0.25, 0.3) is 5.69 Å². The molecule has 0 bridgehead atoms.